The lowest BCUT2D eigenvalue weighted by atomic mass is 10.2. The highest BCUT2D eigenvalue weighted by Gasteiger charge is 2.22. The highest BCUT2D eigenvalue weighted by molar-refractivity contribution is 5.93. The van der Waals surface area contributed by atoms with Crippen molar-refractivity contribution in [1.82, 2.24) is 20.6 Å². The van der Waals surface area contributed by atoms with Gasteiger partial charge in [0.05, 0.1) is 19.3 Å². The number of anilines is 2. The molecule has 120 valence electrons. The van der Waals surface area contributed by atoms with Crippen LogP contribution in [-0.4, -0.2) is 67.9 Å². The molecule has 0 aliphatic carbocycles. The van der Waals surface area contributed by atoms with Crippen LogP contribution >= 0.6 is 0 Å². The maximum Gasteiger partial charge on any atom is 0.270 e. The van der Waals surface area contributed by atoms with Crippen molar-refractivity contribution < 1.29 is 9.53 Å². The predicted molar refractivity (Wildman–Crippen MR) is 83.4 cm³/mol. The molecule has 1 aromatic heterocycles. The second-order valence-corrected chi connectivity index (χ2v) is 5.41. The Balaban J connectivity index is 1.84. The molecule has 2 aliphatic heterocycles. The third kappa shape index (κ3) is 3.45. The molecule has 2 saturated heterocycles. The Hall–Kier alpha value is -1.93. The first kappa shape index (κ1) is 15.0. The van der Waals surface area contributed by atoms with Gasteiger partial charge in [-0.25, -0.2) is 4.98 Å². The van der Waals surface area contributed by atoms with Crippen molar-refractivity contribution in [1.29, 1.82) is 0 Å². The van der Waals surface area contributed by atoms with Crippen LogP contribution in [0.3, 0.4) is 0 Å². The van der Waals surface area contributed by atoms with Gasteiger partial charge in [0.2, 0.25) is 5.95 Å². The van der Waals surface area contributed by atoms with E-state index < -0.39 is 0 Å². The van der Waals surface area contributed by atoms with Crippen LogP contribution in [-0.2, 0) is 4.74 Å². The zero-order chi connectivity index (χ0) is 15.4. The van der Waals surface area contributed by atoms with Crippen molar-refractivity contribution in [2.24, 2.45) is 0 Å². The van der Waals surface area contributed by atoms with Crippen LogP contribution in [0.4, 0.5) is 11.8 Å². The second-order valence-electron chi connectivity index (χ2n) is 5.41. The number of piperazine rings is 1. The number of hydrogen-bond acceptors (Lipinski definition) is 7. The van der Waals surface area contributed by atoms with Gasteiger partial charge >= 0.3 is 0 Å². The topological polar surface area (TPSA) is 91.4 Å². The van der Waals surface area contributed by atoms with Gasteiger partial charge in [-0.2, -0.15) is 4.98 Å². The van der Waals surface area contributed by atoms with E-state index in [2.05, 4.69) is 30.8 Å². The van der Waals surface area contributed by atoms with Crippen LogP contribution in [0, 0.1) is 0 Å². The summed E-state index contributed by atoms with van der Waals surface area (Å²) in [4.78, 5) is 23.2. The molecule has 8 heteroatoms. The smallest absolute Gasteiger partial charge is 0.270 e. The van der Waals surface area contributed by atoms with E-state index in [1.807, 2.05) is 6.92 Å². The SMILES string of the molecule is CCNC(=O)c1cc(NC2COC2)nc(N2CCNCC2)n1. The Morgan fingerprint density at radius 2 is 2.18 bits per heavy atom. The fourth-order valence-electron chi connectivity index (χ4n) is 2.41. The summed E-state index contributed by atoms with van der Waals surface area (Å²) in [5, 5.41) is 9.38. The Kier molecular flexibility index (Phi) is 4.69. The van der Waals surface area contributed by atoms with Crippen LogP contribution in [0.5, 0.6) is 0 Å². The predicted octanol–water partition coefficient (Wildman–Crippen LogP) is -0.553. The lowest BCUT2D eigenvalue weighted by Crippen LogP contribution is -2.45. The highest BCUT2D eigenvalue weighted by atomic mass is 16.5. The number of carbonyl (C=O) groups excluding carboxylic acids is 1. The van der Waals surface area contributed by atoms with E-state index in [4.69, 9.17) is 4.74 Å². The molecular formula is C14H22N6O2. The van der Waals surface area contributed by atoms with Gasteiger partial charge in [-0.3, -0.25) is 4.79 Å². The summed E-state index contributed by atoms with van der Waals surface area (Å²) < 4.78 is 5.17. The number of hydrogen-bond donors (Lipinski definition) is 3. The number of aromatic nitrogens is 2. The third-order valence-electron chi connectivity index (χ3n) is 3.67. The van der Waals surface area contributed by atoms with Crippen molar-refractivity contribution in [3.05, 3.63) is 11.8 Å². The van der Waals surface area contributed by atoms with Crippen LogP contribution in [0.25, 0.3) is 0 Å². The van der Waals surface area contributed by atoms with Crippen LogP contribution in [0.2, 0.25) is 0 Å². The van der Waals surface area contributed by atoms with Gasteiger partial charge in [-0.05, 0) is 6.92 Å². The van der Waals surface area contributed by atoms with E-state index in [0.29, 0.717) is 37.2 Å². The van der Waals surface area contributed by atoms with Crippen molar-refractivity contribution in [3.8, 4) is 0 Å². The van der Waals surface area contributed by atoms with Crippen molar-refractivity contribution in [2.75, 3.05) is 56.2 Å². The van der Waals surface area contributed by atoms with E-state index in [0.717, 1.165) is 26.2 Å². The maximum absolute atomic E-state index is 12.1. The van der Waals surface area contributed by atoms with Crippen molar-refractivity contribution >= 4 is 17.7 Å². The third-order valence-corrected chi connectivity index (χ3v) is 3.67. The molecule has 0 aromatic carbocycles. The fourth-order valence-corrected chi connectivity index (χ4v) is 2.41. The first-order valence-corrected chi connectivity index (χ1v) is 7.73. The summed E-state index contributed by atoms with van der Waals surface area (Å²) in [7, 11) is 0. The fraction of sp³-hybridized carbons (Fsp3) is 0.643. The maximum atomic E-state index is 12.1. The average Bonchev–Trinajstić information content (AvgIpc) is 2.52. The van der Waals surface area contributed by atoms with Crippen molar-refractivity contribution in [3.63, 3.8) is 0 Å². The summed E-state index contributed by atoms with van der Waals surface area (Å²) >= 11 is 0. The molecule has 3 rings (SSSR count). The summed E-state index contributed by atoms with van der Waals surface area (Å²) in [6.45, 7) is 7.27. The van der Waals surface area contributed by atoms with E-state index >= 15 is 0 Å². The molecule has 0 radical (unpaired) electrons. The molecule has 3 N–H and O–H groups in total. The number of nitrogens with zero attached hydrogens (tertiary/aromatic N) is 3. The van der Waals surface area contributed by atoms with Gasteiger partial charge in [0.1, 0.15) is 11.5 Å². The number of carbonyl (C=O) groups is 1. The molecule has 2 aliphatic rings. The Morgan fingerprint density at radius 1 is 1.41 bits per heavy atom. The second kappa shape index (κ2) is 6.89. The first-order valence-electron chi connectivity index (χ1n) is 7.73. The summed E-state index contributed by atoms with van der Waals surface area (Å²) in [5.41, 5.74) is 0.396. The molecule has 1 aromatic rings. The lowest BCUT2D eigenvalue weighted by molar-refractivity contribution is 0.0209. The molecule has 8 nitrogen and oxygen atoms in total. The highest BCUT2D eigenvalue weighted by Crippen LogP contribution is 2.17. The first-order chi connectivity index (χ1) is 10.8. The van der Waals surface area contributed by atoms with Gasteiger partial charge in [-0.15, -0.1) is 0 Å². The van der Waals surface area contributed by atoms with Gasteiger partial charge in [0, 0.05) is 38.8 Å². The molecule has 22 heavy (non-hydrogen) atoms. The van der Waals surface area contributed by atoms with E-state index in [1.165, 1.54) is 0 Å². The molecule has 0 unspecified atom stereocenters. The molecule has 0 spiro atoms. The molecule has 3 heterocycles. The largest absolute Gasteiger partial charge is 0.377 e. The summed E-state index contributed by atoms with van der Waals surface area (Å²) in [6.07, 6.45) is 0. The van der Waals surface area contributed by atoms with Gasteiger partial charge < -0.3 is 25.6 Å². The number of ether oxygens (including phenoxy) is 1. The van der Waals surface area contributed by atoms with Crippen LogP contribution < -0.4 is 20.9 Å². The van der Waals surface area contributed by atoms with Crippen LogP contribution in [0.1, 0.15) is 17.4 Å². The average molecular weight is 306 g/mol. The van der Waals surface area contributed by atoms with E-state index in [1.54, 1.807) is 6.07 Å². The minimum Gasteiger partial charge on any atom is -0.377 e. The number of nitrogens with one attached hydrogen (secondary N) is 3. The molecule has 0 saturated carbocycles. The summed E-state index contributed by atoms with van der Waals surface area (Å²) in [5.74, 6) is 1.11. The van der Waals surface area contributed by atoms with Gasteiger partial charge in [0.15, 0.2) is 0 Å². The monoisotopic (exact) mass is 306 g/mol. The van der Waals surface area contributed by atoms with E-state index in [-0.39, 0.29) is 11.9 Å². The zero-order valence-electron chi connectivity index (χ0n) is 12.8. The van der Waals surface area contributed by atoms with Crippen molar-refractivity contribution in [2.45, 2.75) is 13.0 Å². The molecular weight excluding hydrogens is 284 g/mol. The van der Waals surface area contributed by atoms with Gasteiger partial charge in [0.25, 0.3) is 5.91 Å². The minimum absolute atomic E-state index is 0.172. The lowest BCUT2D eigenvalue weighted by Gasteiger charge is -2.30. The zero-order valence-corrected chi connectivity index (χ0v) is 12.8. The Bertz CT molecular complexity index is 528. The molecule has 0 bridgehead atoms. The number of rotatable bonds is 5. The van der Waals surface area contributed by atoms with Crippen LogP contribution in [0.15, 0.2) is 6.07 Å². The van der Waals surface area contributed by atoms with Gasteiger partial charge in [-0.1, -0.05) is 0 Å². The molecule has 1 amide bonds. The molecule has 0 atom stereocenters. The minimum atomic E-state index is -0.172. The summed E-state index contributed by atoms with van der Waals surface area (Å²) in [6, 6.07) is 1.96. The normalized spacial score (nSPS) is 18.7. The van der Waals surface area contributed by atoms with E-state index in [9.17, 15) is 4.79 Å². The number of amides is 1. The standard InChI is InChI=1S/C14H22N6O2/c1-2-16-13(21)11-7-12(17-10-8-22-9-10)19-14(18-11)20-5-3-15-4-6-20/h7,10,15H,2-6,8-9H2,1H3,(H,16,21)(H,17,18,19). The Labute approximate surface area is 129 Å². The quantitative estimate of drug-likeness (QED) is 0.672. The Morgan fingerprint density at radius 3 is 2.82 bits per heavy atom. The molecule has 2 fully saturated rings.